The second-order valence-corrected chi connectivity index (χ2v) is 5.88. The molecule has 138 valence electrons. The van der Waals surface area contributed by atoms with E-state index in [-0.39, 0.29) is 6.03 Å². The Kier molecular flexibility index (Phi) is 6.37. The van der Waals surface area contributed by atoms with Crippen LogP contribution in [0.3, 0.4) is 0 Å². The van der Waals surface area contributed by atoms with Crippen LogP contribution in [-0.2, 0) is 0 Å². The Labute approximate surface area is 161 Å². The Balaban J connectivity index is 1.41. The van der Waals surface area contributed by atoms with Crippen molar-refractivity contribution in [2.45, 2.75) is 0 Å². The van der Waals surface area contributed by atoms with E-state index in [0.29, 0.717) is 41.3 Å². The molecule has 0 aliphatic carbocycles. The summed E-state index contributed by atoms with van der Waals surface area (Å²) in [6.45, 7) is 0.931. The molecule has 27 heavy (non-hydrogen) atoms. The van der Waals surface area contributed by atoms with Gasteiger partial charge < -0.3 is 21.3 Å². The molecule has 1 aromatic carbocycles. The van der Waals surface area contributed by atoms with Crippen LogP contribution in [0, 0.1) is 0 Å². The molecule has 0 aliphatic rings. The lowest BCUT2D eigenvalue weighted by Crippen LogP contribution is -2.32. The van der Waals surface area contributed by atoms with Gasteiger partial charge in [0, 0.05) is 36.1 Å². The highest BCUT2D eigenvalue weighted by Crippen LogP contribution is 2.14. The molecule has 9 heteroatoms. The minimum Gasteiger partial charge on any atom is -0.368 e. The smallest absolute Gasteiger partial charge is 0.319 e. The highest BCUT2D eigenvalue weighted by Gasteiger charge is 2.02. The second-order valence-electron chi connectivity index (χ2n) is 5.44. The molecule has 3 rings (SSSR count). The molecule has 0 aliphatic heterocycles. The third kappa shape index (κ3) is 6.12. The summed E-state index contributed by atoms with van der Waals surface area (Å²) < 4.78 is 0. The maximum atomic E-state index is 11.8. The third-order valence-electron chi connectivity index (χ3n) is 3.41. The first-order valence-corrected chi connectivity index (χ1v) is 8.61. The Bertz CT molecular complexity index is 874. The van der Waals surface area contributed by atoms with E-state index in [0.717, 1.165) is 0 Å². The normalized spacial score (nSPS) is 10.1. The van der Waals surface area contributed by atoms with E-state index in [2.05, 4.69) is 36.2 Å². The molecule has 2 aromatic heterocycles. The van der Waals surface area contributed by atoms with Crippen LogP contribution < -0.4 is 21.3 Å². The molecule has 0 fully saturated rings. The number of carbonyl (C=O) groups excluding carboxylic acids is 1. The molecule has 0 radical (unpaired) electrons. The van der Waals surface area contributed by atoms with Gasteiger partial charge in [0.15, 0.2) is 0 Å². The van der Waals surface area contributed by atoms with Gasteiger partial charge in [0.2, 0.25) is 0 Å². The van der Waals surface area contributed by atoms with E-state index in [1.807, 2.05) is 18.2 Å². The van der Waals surface area contributed by atoms with Gasteiger partial charge in [0.05, 0.1) is 0 Å². The number of halogens is 1. The van der Waals surface area contributed by atoms with Crippen molar-refractivity contribution in [3.8, 4) is 0 Å². The summed E-state index contributed by atoms with van der Waals surface area (Å²) >= 11 is 5.81. The number of carbonyl (C=O) groups is 1. The van der Waals surface area contributed by atoms with Crippen molar-refractivity contribution in [2.24, 2.45) is 0 Å². The Hall–Kier alpha value is -3.39. The average Bonchev–Trinajstić information content (AvgIpc) is 2.68. The lowest BCUT2D eigenvalue weighted by atomic mass is 10.3. The minimum absolute atomic E-state index is 0.292. The first-order chi connectivity index (χ1) is 13.2. The summed E-state index contributed by atoms with van der Waals surface area (Å²) in [6.07, 6.45) is 3.15. The van der Waals surface area contributed by atoms with Crippen molar-refractivity contribution >= 4 is 40.8 Å². The SMILES string of the molecule is O=C(NCCNc1cc(Nc2ccccn2)ncn1)Nc1ccc(Cl)cc1. The van der Waals surface area contributed by atoms with Gasteiger partial charge in [-0.2, -0.15) is 0 Å². The number of aromatic nitrogens is 3. The highest BCUT2D eigenvalue weighted by atomic mass is 35.5. The van der Waals surface area contributed by atoms with Crippen LogP contribution in [-0.4, -0.2) is 34.1 Å². The summed E-state index contributed by atoms with van der Waals surface area (Å²) in [5.74, 6) is 1.96. The van der Waals surface area contributed by atoms with E-state index < -0.39 is 0 Å². The van der Waals surface area contributed by atoms with Crippen LogP contribution in [0.2, 0.25) is 5.02 Å². The summed E-state index contributed by atoms with van der Waals surface area (Å²) in [5, 5.41) is 12.3. The molecule has 2 amide bonds. The van der Waals surface area contributed by atoms with Gasteiger partial charge in [-0.3, -0.25) is 0 Å². The molecule has 0 saturated carbocycles. The van der Waals surface area contributed by atoms with Gasteiger partial charge in [0.1, 0.15) is 23.8 Å². The van der Waals surface area contributed by atoms with Crippen molar-refractivity contribution < 1.29 is 4.79 Å². The zero-order valence-corrected chi connectivity index (χ0v) is 15.1. The summed E-state index contributed by atoms with van der Waals surface area (Å²) in [7, 11) is 0. The highest BCUT2D eigenvalue weighted by molar-refractivity contribution is 6.30. The minimum atomic E-state index is -0.292. The molecule has 0 saturated heterocycles. The van der Waals surface area contributed by atoms with Crippen LogP contribution >= 0.6 is 11.6 Å². The van der Waals surface area contributed by atoms with Crippen LogP contribution in [0.5, 0.6) is 0 Å². The zero-order valence-electron chi connectivity index (χ0n) is 14.3. The molecule has 8 nitrogen and oxygen atoms in total. The molecule has 3 aromatic rings. The quantitative estimate of drug-likeness (QED) is 0.465. The number of nitrogens with one attached hydrogen (secondary N) is 4. The van der Waals surface area contributed by atoms with E-state index in [4.69, 9.17) is 11.6 Å². The fourth-order valence-electron chi connectivity index (χ4n) is 2.17. The summed E-state index contributed by atoms with van der Waals surface area (Å²) in [5.41, 5.74) is 0.672. The van der Waals surface area contributed by atoms with Crippen LogP contribution in [0.4, 0.5) is 27.9 Å². The fourth-order valence-corrected chi connectivity index (χ4v) is 2.29. The zero-order chi connectivity index (χ0) is 18.9. The van der Waals surface area contributed by atoms with Crippen molar-refractivity contribution in [1.29, 1.82) is 0 Å². The Morgan fingerprint density at radius 3 is 2.52 bits per heavy atom. The molecule has 2 heterocycles. The maximum Gasteiger partial charge on any atom is 0.319 e. The Morgan fingerprint density at radius 2 is 1.74 bits per heavy atom. The van der Waals surface area contributed by atoms with E-state index in [1.54, 1.807) is 36.5 Å². The summed E-state index contributed by atoms with van der Waals surface area (Å²) in [4.78, 5) is 24.3. The van der Waals surface area contributed by atoms with Crippen LogP contribution in [0.1, 0.15) is 0 Å². The predicted octanol–water partition coefficient (Wildman–Crippen LogP) is 3.50. The average molecular weight is 384 g/mol. The Morgan fingerprint density at radius 1 is 0.926 bits per heavy atom. The van der Waals surface area contributed by atoms with Gasteiger partial charge in [-0.15, -0.1) is 0 Å². The number of benzene rings is 1. The number of hydrogen-bond donors (Lipinski definition) is 4. The van der Waals surface area contributed by atoms with Crippen molar-refractivity contribution in [3.63, 3.8) is 0 Å². The van der Waals surface area contributed by atoms with E-state index in [9.17, 15) is 4.79 Å². The van der Waals surface area contributed by atoms with Gasteiger partial charge in [0.25, 0.3) is 0 Å². The molecular weight excluding hydrogens is 366 g/mol. The number of anilines is 4. The number of amides is 2. The number of pyridine rings is 1. The lowest BCUT2D eigenvalue weighted by Gasteiger charge is -2.10. The topological polar surface area (TPSA) is 104 Å². The van der Waals surface area contributed by atoms with Crippen LogP contribution in [0.25, 0.3) is 0 Å². The number of rotatable bonds is 7. The van der Waals surface area contributed by atoms with E-state index >= 15 is 0 Å². The third-order valence-corrected chi connectivity index (χ3v) is 3.66. The standard InChI is InChI=1S/C18H18ClN7O/c19-13-4-6-14(7-5-13)25-18(27)22-10-9-21-16-11-17(24-12-23-16)26-15-3-1-2-8-20-15/h1-8,11-12H,9-10H2,(H2,22,25,27)(H2,20,21,23,24,26). The van der Waals surface area contributed by atoms with Gasteiger partial charge in [-0.05, 0) is 36.4 Å². The monoisotopic (exact) mass is 383 g/mol. The predicted molar refractivity (Wildman–Crippen MR) is 107 cm³/mol. The van der Waals surface area contributed by atoms with E-state index in [1.165, 1.54) is 6.33 Å². The molecule has 4 N–H and O–H groups in total. The molecular formula is C18H18ClN7O. The van der Waals surface area contributed by atoms with Crippen molar-refractivity contribution in [3.05, 3.63) is 66.1 Å². The largest absolute Gasteiger partial charge is 0.368 e. The van der Waals surface area contributed by atoms with Crippen molar-refractivity contribution in [1.82, 2.24) is 20.3 Å². The van der Waals surface area contributed by atoms with Crippen molar-refractivity contribution in [2.75, 3.05) is 29.0 Å². The lowest BCUT2D eigenvalue weighted by molar-refractivity contribution is 0.252. The maximum absolute atomic E-state index is 11.8. The number of nitrogens with zero attached hydrogens (tertiary/aromatic N) is 3. The number of hydrogen-bond acceptors (Lipinski definition) is 6. The first-order valence-electron chi connectivity index (χ1n) is 8.23. The fraction of sp³-hybridized carbons (Fsp3) is 0.111. The number of urea groups is 1. The molecule has 0 bridgehead atoms. The molecule has 0 spiro atoms. The van der Waals surface area contributed by atoms with Gasteiger partial charge >= 0.3 is 6.03 Å². The van der Waals surface area contributed by atoms with Gasteiger partial charge in [-0.1, -0.05) is 17.7 Å². The second kappa shape index (κ2) is 9.35. The van der Waals surface area contributed by atoms with Crippen LogP contribution in [0.15, 0.2) is 61.1 Å². The first kappa shape index (κ1) is 18.4. The van der Waals surface area contributed by atoms with Gasteiger partial charge in [-0.25, -0.2) is 19.7 Å². The molecule has 0 atom stereocenters. The summed E-state index contributed by atoms with van der Waals surface area (Å²) in [6, 6.07) is 13.9. The molecule has 0 unspecified atom stereocenters.